The fourth-order valence-electron chi connectivity index (χ4n) is 1.92. The Balaban J connectivity index is 2.28. The number of hydrogen-bond acceptors (Lipinski definition) is 3. The minimum absolute atomic E-state index is 0.155. The third-order valence-electron chi connectivity index (χ3n) is 3.00. The van der Waals surface area contributed by atoms with Crippen LogP contribution in [0.15, 0.2) is 30.3 Å². The van der Waals surface area contributed by atoms with Gasteiger partial charge in [0.25, 0.3) is 0 Å². The van der Waals surface area contributed by atoms with Crippen molar-refractivity contribution < 1.29 is 13.5 Å². The first kappa shape index (κ1) is 14.9. The third kappa shape index (κ3) is 3.55. The average Bonchev–Trinajstić information content (AvgIpc) is 2.80. The molecule has 0 aliphatic heterocycles. The van der Waals surface area contributed by atoms with Gasteiger partial charge in [-0.1, -0.05) is 6.92 Å². The van der Waals surface area contributed by atoms with Crippen LogP contribution >= 0.6 is 11.3 Å². The van der Waals surface area contributed by atoms with Crippen molar-refractivity contribution in [3.05, 3.63) is 51.7 Å². The molecule has 0 amide bonds. The van der Waals surface area contributed by atoms with Crippen LogP contribution in [0.2, 0.25) is 0 Å². The second kappa shape index (κ2) is 6.33. The van der Waals surface area contributed by atoms with Crippen molar-refractivity contribution in [2.24, 2.45) is 5.73 Å². The van der Waals surface area contributed by atoms with Crippen LogP contribution in [-0.2, 0) is 0 Å². The second-order valence-electron chi connectivity index (χ2n) is 4.66. The van der Waals surface area contributed by atoms with E-state index in [-0.39, 0.29) is 11.8 Å². The van der Waals surface area contributed by atoms with E-state index in [2.05, 4.69) is 0 Å². The maximum atomic E-state index is 13.2. The van der Waals surface area contributed by atoms with E-state index in [0.717, 1.165) is 15.8 Å². The van der Waals surface area contributed by atoms with Gasteiger partial charge in [-0.2, -0.15) is 0 Å². The Kier molecular flexibility index (Phi) is 4.73. The maximum Gasteiger partial charge on any atom is 0.148 e. The highest BCUT2D eigenvalue weighted by molar-refractivity contribution is 7.12. The quantitative estimate of drug-likeness (QED) is 0.898. The van der Waals surface area contributed by atoms with E-state index in [1.807, 2.05) is 26.0 Å². The van der Waals surface area contributed by atoms with E-state index in [1.165, 1.54) is 12.1 Å². The largest absolute Gasteiger partial charge is 0.483 e. The van der Waals surface area contributed by atoms with Gasteiger partial charge in [-0.15, -0.1) is 11.3 Å². The Hall–Kier alpha value is -1.46. The van der Waals surface area contributed by atoms with Crippen molar-refractivity contribution in [3.63, 3.8) is 0 Å². The molecule has 20 heavy (non-hydrogen) atoms. The summed E-state index contributed by atoms with van der Waals surface area (Å²) < 4.78 is 32.2. The summed E-state index contributed by atoms with van der Waals surface area (Å²) in [4.78, 5) is 2.10. The molecule has 2 rings (SSSR count). The lowest BCUT2D eigenvalue weighted by Crippen LogP contribution is -2.30. The molecular formula is C15H17F2NOS. The maximum absolute atomic E-state index is 13.2. The minimum Gasteiger partial charge on any atom is -0.483 e. The highest BCUT2D eigenvalue weighted by atomic mass is 32.1. The number of halogens is 2. The van der Waals surface area contributed by atoms with Crippen LogP contribution in [0.3, 0.4) is 0 Å². The van der Waals surface area contributed by atoms with E-state index < -0.39 is 17.7 Å². The molecule has 1 heterocycles. The van der Waals surface area contributed by atoms with Crippen molar-refractivity contribution in [1.29, 1.82) is 0 Å². The van der Waals surface area contributed by atoms with Crippen LogP contribution in [0, 0.1) is 18.6 Å². The van der Waals surface area contributed by atoms with Crippen molar-refractivity contribution in [2.75, 3.05) is 0 Å². The predicted molar refractivity (Wildman–Crippen MR) is 77.0 cm³/mol. The molecule has 2 atom stereocenters. The zero-order chi connectivity index (χ0) is 14.7. The topological polar surface area (TPSA) is 35.2 Å². The first-order valence-electron chi connectivity index (χ1n) is 6.44. The number of aryl methyl sites for hydroxylation is 1. The van der Waals surface area contributed by atoms with Gasteiger partial charge in [0.1, 0.15) is 23.5 Å². The molecule has 2 nitrogen and oxygen atoms in total. The summed E-state index contributed by atoms with van der Waals surface area (Å²) in [6, 6.07) is 6.83. The van der Waals surface area contributed by atoms with Gasteiger partial charge in [0.05, 0.1) is 0 Å². The van der Waals surface area contributed by atoms with Crippen molar-refractivity contribution in [2.45, 2.75) is 32.4 Å². The zero-order valence-electron chi connectivity index (χ0n) is 11.4. The SMILES string of the molecule is CCC(N)C(Oc1cc(F)cc(F)c1)c1ccc(C)s1. The minimum atomic E-state index is -0.661. The van der Waals surface area contributed by atoms with E-state index in [1.54, 1.807) is 11.3 Å². The van der Waals surface area contributed by atoms with Gasteiger partial charge in [0.2, 0.25) is 0 Å². The van der Waals surface area contributed by atoms with Gasteiger partial charge in [-0.25, -0.2) is 8.78 Å². The number of rotatable bonds is 5. The van der Waals surface area contributed by atoms with Gasteiger partial charge >= 0.3 is 0 Å². The lowest BCUT2D eigenvalue weighted by Gasteiger charge is -2.23. The van der Waals surface area contributed by atoms with E-state index in [0.29, 0.717) is 6.42 Å². The van der Waals surface area contributed by atoms with E-state index >= 15 is 0 Å². The summed E-state index contributed by atoms with van der Waals surface area (Å²) >= 11 is 1.57. The van der Waals surface area contributed by atoms with Gasteiger partial charge in [0.15, 0.2) is 0 Å². The summed E-state index contributed by atoms with van der Waals surface area (Å²) in [5.41, 5.74) is 6.08. The fraction of sp³-hybridized carbons (Fsp3) is 0.333. The van der Waals surface area contributed by atoms with Gasteiger partial charge < -0.3 is 10.5 Å². The molecule has 0 saturated carbocycles. The standard InChI is InChI=1S/C15H17F2NOS/c1-3-13(18)15(14-5-4-9(2)20-14)19-12-7-10(16)6-11(17)8-12/h4-8,13,15H,3,18H2,1-2H3. The third-order valence-corrected chi connectivity index (χ3v) is 4.06. The van der Waals surface area contributed by atoms with Crippen LogP contribution in [0.25, 0.3) is 0 Å². The molecule has 0 aliphatic carbocycles. The molecule has 0 aliphatic rings. The summed E-state index contributed by atoms with van der Waals surface area (Å²) in [5.74, 6) is -1.17. The molecular weight excluding hydrogens is 280 g/mol. The molecule has 0 saturated heterocycles. The van der Waals surface area contributed by atoms with Gasteiger partial charge in [-0.3, -0.25) is 0 Å². The molecule has 0 spiro atoms. The Bertz CT molecular complexity index is 565. The number of benzene rings is 1. The lowest BCUT2D eigenvalue weighted by atomic mass is 10.1. The predicted octanol–water partition coefficient (Wildman–Crippen LogP) is 4.19. The van der Waals surface area contributed by atoms with Crippen molar-refractivity contribution in [1.82, 2.24) is 0 Å². The molecule has 2 N–H and O–H groups in total. The first-order valence-corrected chi connectivity index (χ1v) is 7.26. The van der Waals surface area contributed by atoms with Crippen LogP contribution in [0.4, 0.5) is 8.78 Å². The lowest BCUT2D eigenvalue weighted by molar-refractivity contribution is 0.173. The van der Waals surface area contributed by atoms with Crippen molar-refractivity contribution >= 4 is 11.3 Å². The Labute approximate surface area is 121 Å². The number of nitrogens with two attached hydrogens (primary N) is 1. The van der Waals surface area contributed by atoms with E-state index in [9.17, 15) is 8.78 Å². The summed E-state index contributed by atoms with van der Waals surface area (Å²) in [7, 11) is 0. The Morgan fingerprint density at radius 2 is 1.85 bits per heavy atom. The summed E-state index contributed by atoms with van der Waals surface area (Å²) in [6.45, 7) is 3.94. The zero-order valence-corrected chi connectivity index (χ0v) is 12.2. The van der Waals surface area contributed by atoms with Crippen LogP contribution in [0.5, 0.6) is 5.75 Å². The molecule has 1 aromatic carbocycles. The van der Waals surface area contributed by atoms with Crippen LogP contribution < -0.4 is 10.5 Å². The van der Waals surface area contributed by atoms with Gasteiger partial charge in [-0.05, 0) is 25.5 Å². The summed E-state index contributed by atoms with van der Waals surface area (Å²) in [6.07, 6.45) is 0.305. The molecule has 1 aromatic heterocycles. The molecule has 5 heteroatoms. The van der Waals surface area contributed by atoms with E-state index in [4.69, 9.17) is 10.5 Å². The molecule has 0 bridgehead atoms. The highest BCUT2D eigenvalue weighted by Gasteiger charge is 2.22. The Morgan fingerprint density at radius 1 is 1.20 bits per heavy atom. The monoisotopic (exact) mass is 297 g/mol. The molecule has 0 radical (unpaired) electrons. The fourth-order valence-corrected chi connectivity index (χ4v) is 2.90. The number of hydrogen-bond donors (Lipinski definition) is 1. The van der Waals surface area contributed by atoms with Crippen molar-refractivity contribution in [3.8, 4) is 5.75 Å². The van der Waals surface area contributed by atoms with Crippen LogP contribution in [-0.4, -0.2) is 6.04 Å². The molecule has 2 unspecified atom stereocenters. The molecule has 2 aromatic rings. The number of ether oxygens (including phenoxy) is 1. The second-order valence-corrected chi connectivity index (χ2v) is 5.98. The van der Waals surface area contributed by atoms with Gasteiger partial charge in [0, 0.05) is 34.0 Å². The average molecular weight is 297 g/mol. The highest BCUT2D eigenvalue weighted by Crippen LogP contribution is 2.31. The molecule has 108 valence electrons. The summed E-state index contributed by atoms with van der Waals surface area (Å²) in [5, 5.41) is 0. The first-order chi connectivity index (χ1) is 9.49. The van der Waals surface area contributed by atoms with Crippen LogP contribution in [0.1, 0.15) is 29.2 Å². The Morgan fingerprint density at radius 3 is 2.35 bits per heavy atom. The number of thiophene rings is 1. The normalized spacial score (nSPS) is 14.1. The smallest absolute Gasteiger partial charge is 0.148 e. The molecule has 0 fully saturated rings.